The maximum absolute atomic E-state index is 11.6. The summed E-state index contributed by atoms with van der Waals surface area (Å²) in [7, 11) is 0. The minimum atomic E-state index is -0.171. The van der Waals surface area contributed by atoms with Crippen LogP contribution in [-0.2, 0) is 9.59 Å². The highest BCUT2D eigenvalue weighted by Gasteiger charge is 2.31. The Morgan fingerprint density at radius 1 is 1.12 bits per heavy atom. The summed E-state index contributed by atoms with van der Waals surface area (Å²) in [5, 5.41) is 5.83. The van der Waals surface area contributed by atoms with E-state index in [0.717, 1.165) is 24.7 Å². The normalized spacial score (nSPS) is 38.9. The lowest BCUT2D eigenvalue weighted by atomic mass is 9.80. The highest BCUT2D eigenvalue weighted by atomic mass is 16.2. The molecule has 0 aromatic rings. The molecule has 0 radical (unpaired) electrons. The molecule has 2 N–H and O–H groups in total. The first-order valence-electron chi connectivity index (χ1n) is 6.64. The van der Waals surface area contributed by atoms with Crippen molar-refractivity contribution in [3.05, 3.63) is 0 Å². The first kappa shape index (κ1) is 12.6. The molecule has 1 heterocycles. The van der Waals surface area contributed by atoms with E-state index in [1.165, 1.54) is 6.42 Å². The number of hydrogen-bond acceptors (Lipinski definition) is 3. The van der Waals surface area contributed by atoms with E-state index in [1.54, 1.807) is 0 Å². The molecule has 1 saturated carbocycles. The van der Waals surface area contributed by atoms with Crippen LogP contribution in [0.15, 0.2) is 0 Å². The molecule has 2 fully saturated rings. The van der Waals surface area contributed by atoms with Crippen molar-refractivity contribution in [3.8, 4) is 0 Å². The third-order valence-electron chi connectivity index (χ3n) is 3.85. The molecule has 2 rings (SSSR count). The molecular weight excluding hydrogens is 216 g/mol. The fourth-order valence-corrected chi connectivity index (χ4v) is 3.22. The van der Waals surface area contributed by atoms with Crippen LogP contribution >= 0.6 is 0 Å². The van der Waals surface area contributed by atoms with Gasteiger partial charge >= 0.3 is 0 Å². The van der Waals surface area contributed by atoms with E-state index >= 15 is 0 Å². The lowest BCUT2D eigenvalue weighted by Crippen LogP contribution is -2.54. The summed E-state index contributed by atoms with van der Waals surface area (Å²) in [6.07, 6.45) is 4.67. The standard InChI is InChI=1S/C13H22N2O2/c1-8-5-9(2)7-10(6-8)14-11-3-4-12(16)15-13(11)17/h8-11,14H,3-7H2,1-2H3,(H,15,16,17). The number of imide groups is 1. The van der Waals surface area contributed by atoms with Crippen molar-refractivity contribution in [2.45, 2.75) is 58.0 Å². The minimum Gasteiger partial charge on any atom is -0.303 e. The smallest absolute Gasteiger partial charge is 0.243 e. The van der Waals surface area contributed by atoms with Crippen molar-refractivity contribution in [3.63, 3.8) is 0 Å². The van der Waals surface area contributed by atoms with Crippen molar-refractivity contribution < 1.29 is 9.59 Å². The van der Waals surface area contributed by atoms with Crippen LogP contribution in [-0.4, -0.2) is 23.9 Å². The Labute approximate surface area is 103 Å². The average Bonchev–Trinajstić information content (AvgIpc) is 2.21. The fraction of sp³-hybridized carbons (Fsp3) is 0.846. The van der Waals surface area contributed by atoms with Crippen molar-refractivity contribution in [1.29, 1.82) is 0 Å². The Morgan fingerprint density at radius 2 is 1.76 bits per heavy atom. The van der Waals surface area contributed by atoms with Crippen LogP contribution in [0.5, 0.6) is 0 Å². The van der Waals surface area contributed by atoms with Gasteiger partial charge in [0.1, 0.15) is 0 Å². The average molecular weight is 238 g/mol. The number of carbonyl (C=O) groups excluding carboxylic acids is 2. The van der Waals surface area contributed by atoms with E-state index in [-0.39, 0.29) is 17.9 Å². The SMILES string of the molecule is CC1CC(C)CC(NC2CCC(=O)NC2=O)C1. The van der Waals surface area contributed by atoms with E-state index in [0.29, 0.717) is 18.9 Å². The van der Waals surface area contributed by atoms with Gasteiger partial charge in [-0.1, -0.05) is 13.8 Å². The number of piperidine rings is 1. The number of rotatable bonds is 2. The largest absolute Gasteiger partial charge is 0.303 e. The summed E-state index contributed by atoms with van der Waals surface area (Å²) in [6, 6.07) is 0.257. The second kappa shape index (κ2) is 5.17. The van der Waals surface area contributed by atoms with Crippen LogP contribution in [0.2, 0.25) is 0 Å². The number of hydrogen-bond donors (Lipinski definition) is 2. The van der Waals surface area contributed by atoms with Crippen LogP contribution < -0.4 is 10.6 Å². The molecule has 1 aliphatic heterocycles. The molecular formula is C13H22N2O2. The molecule has 2 amide bonds. The molecule has 17 heavy (non-hydrogen) atoms. The molecule has 4 heteroatoms. The highest BCUT2D eigenvalue weighted by molar-refractivity contribution is 6.00. The van der Waals surface area contributed by atoms with Gasteiger partial charge in [0, 0.05) is 12.5 Å². The predicted molar refractivity (Wildman–Crippen MR) is 65.3 cm³/mol. The zero-order valence-electron chi connectivity index (χ0n) is 10.7. The van der Waals surface area contributed by atoms with Crippen LogP contribution in [0, 0.1) is 11.8 Å². The Kier molecular flexibility index (Phi) is 3.82. The van der Waals surface area contributed by atoms with Gasteiger partial charge in [-0.25, -0.2) is 0 Å². The van der Waals surface area contributed by atoms with E-state index in [9.17, 15) is 9.59 Å². The summed E-state index contributed by atoms with van der Waals surface area (Å²) in [5.74, 6) is 1.17. The number of nitrogens with one attached hydrogen (secondary N) is 2. The molecule has 0 aromatic carbocycles. The summed E-state index contributed by atoms with van der Waals surface area (Å²) < 4.78 is 0. The van der Waals surface area contributed by atoms with E-state index in [1.807, 2.05) is 0 Å². The van der Waals surface area contributed by atoms with Crippen molar-refractivity contribution in [1.82, 2.24) is 10.6 Å². The van der Waals surface area contributed by atoms with Crippen molar-refractivity contribution >= 4 is 11.8 Å². The van der Waals surface area contributed by atoms with Crippen molar-refractivity contribution in [2.24, 2.45) is 11.8 Å². The summed E-state index contributed by atoms with van der Waals surface area (Å²) in [5.41, 5.74) is 0. The Hall–Kier alpha value is -0.900. The fourth-order valence-electron chi connectivity index (χ4n) is 3.22. The van der Waals surface area contributed by atoms with Gasteiger partial charge in [0.25, 0.3) is 0 Å². The lowest BCUT2D eigenvalue weighted by molar-refractivity contribution is -0.135. The predicted octanol–water partition coefficient (Wildman–Crippen LogP) is 1.21. The minimum absolute atomic E-state index is 0.140. The van der Waals surface area contributed by atoms with Gasteiger partial charge in [-0.15, -0.1) is 0 Å². The molecule has 0 aromatic heterocycles. The molecule has 2 aliphatic rings. The quantitative estimate of drug-likeness (QED) is 0.711. The molecule has 0 spiro atoms. The molecule has 1 aliphatic carbocycles. The third kappa shape index (κ3) is 3.28. The monoisotopic (exact) mass is 238 g/mol. The van der Waals surface area contributed by atoms with Gasteiger partial charge in [-0.3, -0.25) is 14.9 Å². The summed E-state index contributed by atoms with van der Waals surface area (Å²) in [6.45, 7) is 4.55. The van der Waals surface area contributed by atoms with Crippen LogP contribution in [0.25, 0.3) is 0 Å². The Morgan fingerprint density at radius 3 is 2.35 bits per heavy atom. The first-order valence-corrected chi connectivity index (χ1v) is 6.64. The van der Waals surface area contributed by atoms with Gasteiger partial charge < -0.3 is 5.32 Å². The zero-order valence-corrected chi connectivity index (χ0v) is 10.7. The topological polar surface area (TPSA) is 58.2 Å². The van der Waals surface area contributed by atoms with Gasteiger partial charge in [-0.05, 0) is 37.5 Å². The molecule has 3 unspecified atom stereocenters. The number of carbonyl (C=O) groups is 2. The maximum Gasteiger partial charge on any atom is 0.243 e. The van der Waals surface area contributed by atoms with Crippen molar-refractivity contribution in [2.75, 3.05) is 0 Å². The van der Waals surface area contributed by atoms with Gasteiger partial charge in [0.05, 0.1) is 6.04 Å². The Balaban J connectivity index is 1.87. The number of amides is 2. The molecule has 1 saturated heterocycles. The van der Waals surface area contributed by atoms with E-state index in [4.69, 9.17) is 0 Å². The van der Waals surface area contributed by atoms with Crippen LogP contribution in [0.1, 0.15) is 46.0 Å². The molecule has 96 valence electrons. The lowest BCUT2D eigenvalue weighted by Gasteiger charge is -2.35. The molecule has 0 bridgehead atoms. The van der Waals surface area contributed by atoms with Gasteiger partial charge in [-0.2, -0.15) is 0 Å². The molecule has 4 nitrogen and oxygen atoms in total. The highest BCUT2D eigenvalue weighted by Crippen LogP contribution is 2.29. The third-order valence-corrected chi connectivity index (χ3v) is 3.85. The first-order chi connectivity index (χ1) is 8.04. The second-order valence-corrected chi connectivity index (χ2v) is 5.78. The maximum atomic E-state index is 11.6. The van der Waals surface area contributed by atoms with E-state index < -0.39 is 0 Å². The summed E-state index contributed by atoms with van der Waals surface area (Å²) in [4.78, 5) is 22.7. The van der Waals surface area contributed by atoms with Gasteiger partial charge in [0.2, 0.25) is 11.8 Å². The Bertz CT molecular complexity index is 307. The van der Waals surface area contributed by atoms with Crippen LogP contribution in [0.3, 0.4) is 0 Å². The summed E-state index contributed by atoms with van der Waals surface area (Å²) >= 11 is 0. The van der Waals surface area contributed by atoms with Gasteiger partial charge in [0.15, 0.2) is 0 Å². The van der Waals surface area contributed by atoms with Crippen LogP contribution in [0.4, 0.5) is 0 Å². The zero-order chi connectivity index (χ0) is 12.4. The van der Waals surface area contributed by atoms with E-state index in [2.05, 4.69) is 24.5 Å². The molecule has 3 atom stereocenters. The second-order valence-electron chi connectivity index (χ2n) is 5.78.